The normalized spacial score (nSPS) is 12.4. The van der Waals surface area contributed by atoms with Crippen molar-refractivity contribution in [1.82, 2.24) is 5.32 Å². The number of rotatable bonds is 4. The fourth-order valence-electron chi connectivity index (χ4n) is 1.11. The smallest absolute Gasteiger partial charge is 0.317 e. The van der Waals surface area contributed by atoms with E-state index in [9.17, 15) is 9.18 Å². The van der Waals surface area contributed by atoms with Gasteiger partial charge in [-0.1, -0.05) is 12.1 Å². The van der Waals surface area contributed by atoms with Crippen LogP contribution in [0, 0.1) is 5.82 Å². The minimum Gasteiger partial charge on any atom is -0.480 e. The van der Waals surface area contributed by atoms with E-state index in [4.69, 9.17) is 5.11 Å². The number of carboxylic acid groups (broad SMARTS) is 1. The highest BCUT2D eigenvalue weighted by Gasteiger charge is 2.06. The Bertz CT molecular complexity index is 310. The van der Waals surface area contributed by atoms with Crippen LogP contribution in [0.2, 0.25) is 0 Å². The number of carboxylic acids is 1. The first kappa shape index (κ1) is 10.7. The van der Waals surface area contributed by atoms with Crippen molar-refractivity contribution in [2.24, 2.45) is 0 Å². The van der Waals surface area contributed by atoms with E-state index in [0.717, 1.165) is 5.56 Å². The van der Waals surface area contributed by atoms with Gasteiger partial charge in [-0.05, 0) is 24.6 Å². The molecule has 1 atom stereocenters. The van der Waals surface area contributed by atoms with Gasteiger partial charge in [0.25, 0.3) is 0 Å². The maximum absolute atomic E-state index is 12.5. The quantitative estimate of drug-likeness (QED) is 0.770. The van der Waals surface area contributed by atoms with Crippen molar-refractivity contribution >= 4 is 5.97 Å². The van der Waals surface area contributed by atoms with E-state index in [1.807, 2.05) is 6.92 Å². The van der Waals surface area contributed by atoms with E-state index in [2.05, 4.69) is 5.32 Å². The number of aliphatic carboxylic acids is 1. The summed E-state index contributed by atoms with van der Waals surface area (Å²) in [7, 11) is 0. The summed E-state index contributed by atoms with van der Waals surface area (Å²) < 4.78 is 12.5. The van der Waals surface area contributed by atoms with Gasteiger partial charge in [0.15, 0.2) is 0 Å². The molecular formula is C10H12FNO2. The monoisotopic (exact) mass is 197 g/mol. The zero-order chi connectivity index (χ0) is 10.6. The van der Waals surface area contributed by atoms with Gasteiger partial charge < -0.3 is 10.4 Å². The fraction of sp³-hybridized carbons (Fsp3) is 0.300. The lowest BCUT2D eigenvalue weighted by Crippen LogP contribution is -2.25. The molecule has 1 aromatic carbocycles. The molecule has 0 aliphatic heterocycles. The van der Waals surface area contributed by atoms with Gasteiger partial charge in [-0.15, -0.1) is 0 Å². The molecule has 0 amide bonds. The predicted octanol–water partition coefficient (Wildman–Crippen LogP) is 1.56. The molecule has 76 valence electrons. The second kappa shape index (κ2) is 4.72. The van der Waals surface area contributed by atoms with Gasteiger partial charge in [0.1, 0.15) is 5.82 Å². The standard InChI is InChI=1S/C10H12FNO2/c1-7(12-6-10(13)14)8-2-4-9(11)5-3-8/h2-5,7,12H,6H2,1H3,(H,13,14)/t7-/m1/s1. The molecule has 0 aromatic heterocycles. The Morgan fingerprint density at radius 1 is 1.50 bits per heavy atom. The first-order chi connectivity index (χ1) is 6.59. The van der Waals surface area contributed by atoms with E-state index in [0.29, 0.717) is 0 Å². The zero-order valence-corrected chi connectivity index (χ0v) is 7.83. The highest BCUT2D eigenvalue weighted by molar-refractivity contribution is 5.69. The molecule has 1 aromatic rings. The van der Waals surface area contributed by atoms with Crippen molar-refractivity contribution in [3.63, 3.8) is 0 Å². The maximum atomic E-state index is 12.5. The summed E-state index contributed by atoms with van der Waals surface area (Å²) in [6.45, 7) is 1.73. The van der Waals surface area contributed by atoms with Crippen molar-refractivity contribution in [3.05, 3.63) is 35.6 Å². The number of nitrogens with one attached hydrogen (secondary N) is 1. The van der Waals surface area contributed by atoms with E-state index in [1.165, 1.54) is 12.1 Å². The minimum atomic E-state index is -0.904. The van der Waals surface area contributed by atoms with Gasteiger partial charge in [0, 0.05) is 6.04 Å². The molecule has 14 heavy (non-hydrogen) atoms. The number of hydrogen-bond acceptors (Lipinski definition) is 2. The molecule has 0 saturated carbocycles. The van der Waals surface area contributed by atoms with Crippen LogP contribution < -0.4 is 5.32 Å². The number of hydrogen-bond donors (Lipinski definition) is 2. The van der Waals surface area contributed by atoms with Crippen molar-refractivity contribution in [2.75, 3.05) is 6.54 Å². The molecule has 0 aliphatic rings. The van der Waals surface area contributed by atoms with Gasteiger partial charge in [-0.2, -0.15) is 0 Å². The highest BCUT2D eigenvalue weighted by Crippen LogP contribution is 2.12. The Labute approximate surface area is 81.6 Å². The number of carbonyl (C=O) groups is 1. The summed E-state index contributed by atoms with van der Waals surface area (Å²) in [5.74, 6) is -1.20. The molecule has 0 saturated heterocycles. The third-order valence-electron chi connectivity index (χ3n) is 1.93. The van der Waals surface area contributed by atoms with Crippen LogP contribution in [0.15, 0.2) is 24.3 Å². The van der Waals surface area contributed by atoms with Crippen molar-refractivity contribution in [1.29, 1.82) is 0 Å². The van der Waals surface area contributed by atoms with E-state index >= 15 is 0 Å². The summed E-state index contributed by atoms with van der Waals surface area (Å²) in [4.78, 5) is 10.3. The van der Waals surface area contributed by atoms with Gasteiger partial charge in [-0.3, -0.25) is 4.79 Å². The van der Waals surface area contributed by atoms with Crippen LogP contribution in [0.3, 0.4) is 0 Å². The molecular weight excluding hydrogens is 185 g/mol. The average Bonchev–Trinajstić information content (AvgIpc) is 2.15. The molecule has 4 heteroatoms. The Kier molecular flexibility index (Phi) is 3.59. The van der Waals surface area contributed by atoms with Crippen molar-refractivity contribution in [3.8, 4) is 0 Å². The third-order valence-corrected chi connectivity index (χ3v) is 1.93. The second-order valence-electron chi connectivity index (χ2n) is 3.05. The number of benzene rings is 1. The van der Waals surface area contributed by atoms with Gasteiger partial charge in [0.05, 0.1) is 6.54 Å². The van der Waals surface area contributed by atoms with Crippen molar-refractivity contribution < 1.29 is 14.3 Å². The van der Waals surface area contributed by atoms with Crippen LogP contribution in [-0.2, 0) is 4.79 Å². The SMILES string of the molecule is C[C@@H](NCC(=O)O)c1ccc(F)cc1. The maximum Gasteiger partial charge on any atom is 0.317 e. The Morgan fingerprint density at radius 3 is 2.57 bits per heavy atom. The highest BCUT2D eigenvalue weighted by atomic mass is 19.1. The third kappa shape index (κ3) is 3.14. The first-order valence-electron chi connectivity index (χ1n) is 4.30. The van der Waals surface area contributed by atoms with Crippen LogP contribution in [0.4, 0.5) is 4.39 Å². The molecule has 0 unspecified atom stereocenters. The molecule has 0 fully saturated rings. The zero-order valence-electron chi connectivity index (χ0n) is 7.83. The fourth-order valence-corrected chi connectivity index (χ4v) is 1.11. The summed E-state index contributed by atoms with van der Waals surface area (Å²) in [5, 5.41) is 11.2. The molecule has 1 rings (SSSR count). The van der Waals surface area contributed by atoms with E-state index in [1.54, 1.807) is 12.1 Å². The summed E-state index contributed by atoms with van der Waals surface area (Å²) in [5.41, 5.74) is 0.868. The van der Waals surface area contributed by atoms with Gasteiger partial charge >= 0.3 is 5.97 Å². The van der Waals surface area contributed by atoms with Crippen LogP contribution in [0.25, 0.3) is 0 Å². The Balaban J connectivity index is 2.56. The molecule has 0 spiro atoms. The molecule has 0 bridgehead atoms. The lowest BCUT2D eigenvalue weighted by molar-refractivity contribution is -0.136. The van der Waals surface area contributed by atoms with Crippen LogP contribution in [0.1, 0.15) is 18.5 Å². The second-order valence-corrected chi connectivity index (χ2v) is 3.05. The molecule has 2 N–H and O–H groups in total. The molecule has 3 nitrogen and oxygen atoms in total. The van der Waals surface area contributed by atoms with E-state index in [-0.39, 0.29) is 18.4 Å². The lowest BCUT2D eigenvalue weighted by atomic mass is 10.1. The minimum absolute atomic E-state index is 0.0910. The first-order valence-corrected chi connectivity index (χ1v) is 4.30. The molecule has 0 heterocycles. The van der Waals surface area contributed by atoms with E-state index < -0.39 is 5.97 Å². The largest absolute Gasteiger partial charge is 0.480 e. The van der Waals surface area contributed by atoms with Gasteiger partial charge in [0.2, 0.25) is 0 Å². The number of halogens is 1. The van der Waals surface area contributed by atoms with Crippen molar-refractivity contribution in [2.45, 2.75) is 13.0 Å². The van der Waals surface area contributed by atoms with Crippen LogP contribution >= 0.6 is 0 Å². The van der Waals surface area contributed by atoms with Crippen LogP contribution in [-0.4, -0.2) is 17.6 Å². The predicted molar refractivity (Wildman–Crippen MR) is 50.5 cm³/mol. The molecule has 0 radical (unpaired) electrons. The lowest BCUT2D eigenvalue weighted by Gasteiger charge is -2.12. The summed E-state index contributed by atoms with van der Waals surface area (Å²) >= 11 is 0. The average molecular weight is 197 g/mol. The van der Waals surface area contributed by atoms with Crippen LogP contribution in [0.5, 0.6) is 0 Å². The Morgan fingerprint density at radius 2 is 2.07 bits per heavy atom. The van der Waals surface area contributed by atoms with Gasteiger partial charge in [-0.25, -0.2) is 4.39 Å². The topological polar surface area (TPSA) is 49.3 Å². The molecule has 0 aliphatic carbocycles. The Hall–Kier alpha value is -1.42. The summed E-state index contributed by atoms with van der Waals surface area (Å²) in [6.07, 6.45) is 0. The summed E-state index contributed by atoms with van der Waals surface area (Å²) in [6, 6.07) is 5.89.